The van der Waals surface area contributed by atoms with Crippen LogP contribution >= 0.6 is 0 Å². The number of imide groups is 1. The molecule has 1 N–H and O–H groups in total. The number of nitrogens with zero attached hydrogens (tertiary/aromatic N) is 2. The molecule has 0 unspecified atom stereocenters. The fourth-order valence-electron chi connectivity index (χ4n) is 3.61. The third-order valence-corrected chi connectivity index (χ3v) is 5.24. The van der Waals surface area contributed by atoms with Crippen molar-refractivity contribution in [1.29, 1.82) is 0 Å². The Morgan fingerprint density at radius 3 is 2.45 bits per heavy atom. The molecule has 31 heavy (non-hydrogen) atoms. The minimum absolute atomic E-state index is 0.160. The van der Waals surface area contributed by atoms with E-state index in [1.54, 1.807) is 42.7 Å². The Balaban J connectivity index is 1.53. The molecule has 154 valence electrons. The maximum absolute atomic E-state index is 13.3. The standard InChI is InChI=1S/C24H19N3O4/c1-15-2-4-17(5-3-15)21-22(26-18-6-7-19-20(12-18)31-14-30-19)24(29)27(23(21)28)13-16-8-10-25-11-9-16/h2-12,26H,13-14H2,1H3. The smallest absolute Gasteiger partial charge is 0.278 e. The number of aromatic nitrogens is 1. The number of fused-ring (bicyclic) bond motifs is 1. The van der Waals surface area contributed by atoms with Crippen molar-refractivity contribution in [2.45, 2.75) is 13.5 Å². The molecule has 3 heterocycles. The van der Waals surface area contributed by atoms with Crippen LogP contribution in [0.2, 0.25) is 0 Å². The summed E-state index contributed by atoms with van der Waals surface area (Å²) < 4.78 is 10.8. The van der Waals surface area contributed by atoms with Crippen molar-refractivity contribution in [3.8, 4) is 11.5 Å². The van der Waals surface area contributed by atoms with E-state index in [9.17, 15) is 9.59 Å². The number of ether oxygens (including phenoxy) is 2. The first-order chi connectivity index (χ1) is 15.1. The molecule has 0 aliphatic carbocycles. The van der Waals surface area contributed by atoms with Crippen LogP contribution in [0.15, 0.2) is 72.7 Å². The fourth-order valence-corrected chi connectivity index (χ4v) is 3.61. The lowest BCUT2D eigenvalue weighted by Crippen LogP contribution is -2.32. The number of benzene rings is 2. The summed E-state index contributed by atoms with van der Waals surface area (Å²) in [6.07, 6.45) is 3.28. The normalized spacial score (nSPS) is 15.1. The summed E-state index contributed by atoms with van der Waals surface area (Å²) in [4.78, 5) is 31.9. The number of carbonyl (C=O) groups excluding carboxylic acids is 2. The molecule has 0 saturated carbocycles. The largest absolute Gasteiger partial charge is 0.454 e. The highest BCUT2D eigenvalue weighted by Crippen LogP contribution is 2.36. The van der Waals surface area contributed by atoms with Gasteiger partial charge in [0.15, 0.2) is 11.5 Å². The van der Waals surface area contributed by atoms with Gasteiger partial charge in [0, 0.05) is 24.1 Å². The van der Waals surface area contributed by atoms with Gasteiger partial charge in [-0.3, -0.25) is 19.5 Å². The Morgan fingerprint density at radius 2 is 1.68 bits per heavy atom. The minimum Gasteiger partial charge on any atom is -0.454 e. The Bertz CT molecular complexity index is 1200. The summed E-state index contributed by atoms with van der Waals surface area (Å²) in [6, 6.07) is 16.4. The minimum atomic E-state index is -0.380. The van der Waals surface area contributed by atoms with Crippen LogP contribution in [-0.4, -0.2) is 28.5 Å². The number of hydrogen-bond donors (Lipinski definition) is 1. The van der Waals surface area contributed by atoms with Gasteiger partial charge in [0.25, 0.3) is 11.8 Å². The maximum Gasteiger partial charge on any atom is 0.278 e. The van der Waals surface area contributed by atoms with Crippen LogP contribution < -0.4 is 14.8 Å². The highest BCUT2D eigenvalue weighted by atomic mass is 16.7. The molecule has 7 heteroatoms. The molecule has 1 aromatic heterocycles. The summed E-state index contributed by atoms with van der Waals surface area (Å²) in [7, 11) is 0. The van der Waals surface area contributed by atoms with Crippen molar-refractivity contribution in [2.75, 3.05) is 12.1 Å². The lowest BCUT2D eigenvalue weighted by Gasteiger charge is -2.15. The van der Waals surface area contributed by atoms with Gasteiger partial charge in [0.05, 0.1) is 12.1 Å². The summed E-state index contributed by atoms with van der Waals surface area (Å²) in [5.41, 5.74) is 3.79. The summed E-state index contributed by atoms with van der Waals surface area (Å²) in [6.45, 7) is 2.30. The quantitative estimate of drug-likeness (QED) is 0.645. The van der Waals surface area contributed by atoms with E-state index in [1.165, 1.54) is 4.90 Å². The molecule has 2 aromatic carbocycles. The zero-order valence-corrected chi connectivity index (χ0v) is 16.8. The summed E-state index contributed by atoms with van der Waals surface area (Å²) in [5, 5.41) is 3.15. The first-order valence-electron chi connectivity index (χ1n) is 9.83. The number of hydrogen-bond acceptors (Lipinski definition) is 6. The fraction of sp³-hybridized carbons (Fsp3) is 0.125. The van der Waals surface area contributed by atoms with Crippen LogP contribution in [0.3, 0.4) is 0 Å². The number of anilines is 1. The van der Waals surface area contributed by atoms with Gasteiger partial charge in [-0.15, -0.1) is 0 Å². The first-order valence-corrected chi connectivity index (χ1v) is 9.83. The summed E-state index contributed by atoms with van der Waals surface area (Å²) >= 11 is 0. The molecule has 0 bridgehead atoms. The molecule has 0 radical (unpaired) electrons. The highest BCUT2D eigenvalue weighted by Gasteiger charge is 2.39. The number of amides is 2. The van der Waals surface area contributed by atoms with Gasteiger partial charge < -0.3 is 14.8 Å². The van der Waals surface area contributed by atoms with Crippen molar-refractivity contribution in [3.05, 3.63) is 89.4 Å². The highest BCUT2D eigenvalue weighted by molar-refractivity contribution is 6.36. The second kappa shape index (κ2) is 7.60. The van der Waals surface area contributed by atoms with E-state index in [0.29, 0.717) is 28.3 Å². The van der Waals surface area contributed by atoms with Crippen LogP contribution in [0, 0.1) is 6.92 Å². The molecular weight excluding hydrogens is 394 g/mol. The van der Waals surface area contributed by atoms with E-state index in [2.05, 4.69) is 10.3 Å². The predicted molar refractivity (Wildman–Crippen MR) is 114 cm³/mol. The SMILES string of the molecule is Cc1ccc(C2=C(Nc3ccc4c(c3)OCO4)C(=O)N(Cc3ccncc3)C2=O)cc1. The molecule has 7 nitrogen and oxygen atoms in total. The van der Waals surface area contributed by atoms with Crippen LogP contribution in [-0.2, 0) is 16.1 Å². The monoisotopic (exact) mass is 413 g/mol. The zero-order chi connectivity index (χ0) is 21.4. The predicted octanol–water partition coefficient (Wildman–Crippen LogP) is 3.51. The zero-order valence-electron chi connectivity index (χ0n) is 16.8. The molecule has 2 amide bonds. The number of pyridine rings is 1. The molecule has 3 aromatic rings. The Hall–Kier alpha value is -4.13. The van der Waals surface area contributed by atoms with Gasteiger partial charge in [-0.25, -0.2) is 0 Å². The van der Waals surface area contributed by atoms with Crippen molar-refractivity contribution in [2.24, 2.45) is 0 Å². The lowest BCUT2D eigenvalue weighted by atomic mass is 10.0. The van der Waals surface area contributed by atoms with Gasteiger partial charge >= 0.3 is 0 Å². The third-order valence-electron chi connectivity index (χ3n) is 5.24. The third kappa shape index (κ3) is 3.50. The van der Waals surface area contributed by atoms with Crippen molar-refractivity contribution in [1.82, 2.24) is 9.88 Å². The van der Waals surface area contributed by atoms with E-state index in [4.69, 9.17) is 9.47 Å². The average Bonchev–Trinajstić information content (AvgIpc) is 3.34. The molecule has 0 atom stereocenters. The molecule has 0 saturated heterocycles. The molecule has 2 aliphatic heterocycles. The Kier molecular flexibility index (Phi) is 4.63. The van der Waals surface area contributed by atoms with Crippen LogP contribution in [0.1, 0.15) is 16.7 Å². The number of aryl methyl sites for hydroxylation is 1. The van der Waals surface area contributed by atoms with Gasteiger partial charge in [-0.05, 0) is 42.3 Å². The molecule has 0 fully saturated rings. The number of carbonyl (C=O) groups is 2. The number of rotatable bonds is 5. The van der Waals surface area contributed by atoms with Crippen LogP contribution in [0.25, 0.3) is 5.57 Å². The lowest BCUT2D eigenvalue weighted by molar-refractivity contribution is -0.137. The van der Waals surface area contributed by atoms with Crippen molar-refractivity contribution >= 4 is 23.1 Å². The second-order valence-corrected chi connectivity index (χ2v) is 7.36. The number of nitrogens with one attached hydrogen (secondary N) is 1. The van der Waals surface area contributed by atoms with E-state index < -0.39 is 0 Å². The van der Waals surface area contributed by atoms with Crippen LogP contribution in [0.5, 0.6) is 11.5 Å². The van der Waals surface area contributed by atoms with E-state index >= 15 is 0 Å². The van der Waals surface area contributed by atoms with Crippen LogP contribution in [0.4, 0.5) is 5.69 Å². The van der Waals surface area contributed by atoms with Gasteiger partial charge in [0.2, 0.25) is 6.79 Å². The van der Waals surface area contributed by atoms with Gasteiger partial charge in [-0.2, -0.15) is 0 Å². The van der Waals surface area contributed by atoms with Gasteiger partial charge in [-0.1, -0.05) is 29.8 Å². The Labute approximate surface area is 178 Å². The maximum atomic E-state index is 13.3. The molecule has 5 rings (SSSR count). The van der Waals surface area contributed by atoms with Gasteiger partial charge in [0.1, 0.15) is 5.70 Å². The molecule has 0 spiro atoms. The first kappa shape index (κ1) is 18.9. The average molecular weight is 413 g/mol. The Morgan fingerprint density at radius 1 is 0.935 bits per heavy atom. The summed E-state index contributed by atoms with van der Waals surface area (Å²) in [5.74, 6) is 0.517. The van der Waals surface area contributed by atoms with E-state index in [1.807, 2.05) is 31.2 Å². The molecular formula is C24H19N3O4. The molecule has 2 aliphatic rings. The van der Waals surface area contributed by atoms with E-state index in [0.717, 1.165) is 11.1 Å². The van der Waals surface area contributed by atoms with Crippen molar-refractivity contribution in [3.63, 3.8) is 0 Å². The van der Waals surface area contributed by atoms with E-state index in [-0.39, 0.29) is 30.8 Å². The second-order valence-electron chi connectivity index (χ2n) is 7.36. The van der Waals surface area contributed by atoms with Crippen molar-refractivity contribution < 1.29 is 19.1 Å². The topological polar surface area (TPSA) is 80.8 Å².